The molecule has 0 fully saturated rings. The van der Waals surface area contributed by atoms with E-state index in [0.29, 0.717) is 17.8 Å². The molecule has 2 aliphatic rings. The predicted molar refractivity (Wildman–Crippen MR) is 224 cm³/mol. The van der Waals surface area contributed by atoms with Gasteiger partial charge in [-0.25, -0.2) is 9.97 Å². The fourth-order valence-electron chi connectivity index (χ4n) is 7.50. The third-order valence-electron chi connectivity index (χ3n) is 10.3. The van der Waals surface area contributed by atoms with E-state index in [0.717, 1.165) is 45.4 Å². The second kappa shape index (κ2) is 15.5. The molecule has 0 amide bonds. The van der Waals surface area contributed by atoms with Gasteiger partial charge in [0.15, 0.2) is 0 Å². The molecule has 55 heavy (non-hydrogen) atoms. The zero-order valence-electron chi connectivity index (χ0n) is 32.6. The number of pyridine rings is 3. The van der Waals surface area contributed by atoms with Gasteiger partial charge in [0.05, 0.1) is 0 Å². The average Bonchev–Trinajstić information content (AvgIpc) is 3.85. The van der Waals surface area contributed by atoms with Gasteiger partial charge >= 0.3 is 21.1 Å². The molecule has 0 radical (unpaired) electrons. The van der Waals surface area contributed by atoms with Gasteiger partial charge in [-0.05, 0) is 95.2 Å². The van der Waals surface area contributed by atoms with Crippen LogP contribution in [0.1, 0.15) is 76.0 Å². The van der Waals surface area contributed by atoms with Crippen LogP contribution >= 0.6 is 0 Å². The van der Waals surface area contributed by atoms with Crippen LogP contribution in [0.5, 0.6) is 0 Å². The topological polar surface area (TPSA) is 65.7 Å². The standard InChI is InChI=1S/C35H39N6.C11H7N2.Pt/c1-22(2)25-17-29(23(3)4)33(30(18-25)24(5)6)26-15-27(40-20-38(7)31-11-9-13-36-34(31)40)19-28(16-26)41-21-39(8)32-12-10-14-37-35(32)41;1-2-4-10-8(3-1)9-5-6-12-7-11(9)13-10;/h9-18,20-24H,1-8H3;1-7H;/q-3;-1;+4. The van der Waals surface area contributed by atoms with Crippen molar-refractivity contribution in [1.82, 2.24) is 19.9 Å². The monoisotopic (exact) mass is 905 g/mol. The van der Waals surface area contributed by atoms with Crippen molar-refractivity contribution in [1.29, 1.82) is 0 Å². The van der Waals surface area contributed by atoms with Crippen LogP contribution in [0, 0.1) is 19.4 Å². The van der Waals surface area contributed by atoms with Crippen molar-refractivity contribution in [3.63, 3.8) is 0 Å². The van der Waals surface area contributed by atoms with Crippen molar-refractivity contribution in [3.8, 4) is 11.1 Å². The Morgan fingerprint density at radius 3 is 1.71 bits per heavy atom. The Balaban J connectivity index is 0.000000278. The Kier molecular flexibility index (Phi) is 10.7. The molecule has 9 heteroatoms. The van der Waals surface area contributed by atoms with Gasteiger partial charge in [-0.1, -0.05) is 77.9 Å². The Labute approximate surface area is 339 Å². The van der Waals surface area contributed by atoms with E-state index >= 15 is 0 Å². The number of hydrogen-bond donors (Lipinski definition) is 0. The van der Waals surface area contributed by atoms with Crippen molar-refractivity contribution >= 4 is 56.2 Å². The molecule has 3 aromatic carbocycles. The molecule has 0 unspecified atom stereocenters. The summed E-state index contributed by atoms with van der Waals surface area (Å²) in [4.78, 5) is 26.5. The summed E-state index contributed by atoms with van der Waals surface area (Å²) in [7, 11) is 4.13. The van der Waals surface area contributed by atoms with E-state index in [1.54, 1.807) is 12.4 Å². The summed E-state index contributed by atoms with van der Waals surface area (Å²) in [6.45, 7) is 18.0. The number of anilines is 6. The minimum absolute atomic E-state index is 0. The second-order valence-corrected chi connectivity index (χ2v) is 15.1. The fraction of sp³-hybridized carbons (Fsp3) is 0.239. The Morgan fingerprint density at radius 2 is 1.16 bits per heavy atom. The molecule has 280 valence electrons. The van der Waals surface area contributed by atoms with Crippen LogP contribution in [0.3, 0.4) is 0 Å². The molecule has 0 saturated carbocycles. The summed E-state index contributed by atoms with van der Waals surface area (Å²) in [6, 6.07) is 31.5. The van der Waals surface area contributed by atoms with Gasteiger partial charge in [-0.2, -0.15) is 13.3 Å². The van der Waals surface area contributed by atoms with E-state index in [9.17, 15) is 0 Å². The molecule has 0 bridgehead atoms. The number of rotatable bonds is 6. The van der Waals surface area contributed by atoms with Crippen LogP contribution < -0.4 is 24.6 Å². The largest absolute Gasteiger partial charge is 4.00 e. The van der Waals surface area contributed by atoms with Gasteiger partial charge in [0, 0.05) is 36.2 Å². The molecule has 6 heterocycles. The summed E-state index contributed by atoms with van der Waals surface area (Å²) in [5.74, 6) is 3.01. The van der Waals surface area contributed by atoms with Gasteiger partial charge < -0.3 is 24.6 Å². The van der Waals surface area contributed by atoms with Crippen LogP contribution in [-0.2, 0) is 21.1 Å². The molecule has 9 rings (SSSR count). The number of fused-ring (bicyclic) bond motifs is 5. The zero-order chi connectivity index (χ0) is 37.7. The number of para-hydroxylation sites is 1. The van der Waals surface area contributed by atoms with Gasteiger partial charge in [-0.15, -0.1) is 46.2 Å². The van der Waals surface area contributed by atoms with Crippen molar-refractivity contribution in [2.75, 3.05) is 33.7 Å². The summed E-state index contributed by atoms with van der Waals surface area (Å²) in [5.41, 5.74) is 12.7. The minimum Gasteiger partial charge on any atom is -0.656 e. The first-order chi connectivity index (χ1) is 26.1. The number of hydrogen-bond acceptors (Lipinski definition) is 7. The first kappa shape index (κ1) is 38.1. The van der Waals surface area contributed by atoms with E-state index in [1.165, 1.54) is 38.6 Å². The number of aromatic nitrogens is 4. The fourth-order valence-corrected chi connectivity index (χ4v) is 7.50. The van der Waals surface area contributed by atoms with Gasteiger partial charge in [0.1, 0.15) is 11.6 Å². The molecule has 0 atom stereocenters. The molecular formula is C46H46N8Pt. The maximum Gasteiger partial charge on any atom is 4.00 e. The summed E-state index contributed by atoms with van der Waals surface area (Å²) in [6.07, 6.45) is 7.31. The maximum absolute atomic E-state index is 4.76. The molecule has 0 N–H and O–H groups in total. The normalized spacial score (nSPS) is 13.5. The molecule has 2 aliphatic heterocycles. The van der Waals surface area contributed by atoms with E-state index < -0.39 is 0 Å². The molecule has 8 nitrogen and oxygen atoms in total. The van der Waals surface area contributed by atoms with Crippen LogP contribution in [0.2, 0.25) is 0 Å². The first-order valence-electron chi connectivity index (χ1n) is 18.7. The second-order valence-electron chi connectivity index (χ2n) is 15.1. The van der Waals surface area contributed by atoms with Crippen molar-refractivity contribution in [3.05, 3.63) is 140 Å². The molecule has 4 aromatic heterocycles. The predicted octanol–water partition coefficient (Wildman–Crippen LogP) is 11.1. The molecular weight excluding hydrogens is 860 g/mol. The molecule has 7 aromatic rings. The average molecular weight is 906 g/mol. The number of nitrogens with zero attached hydrogens (tertiary/aromatic N) is 8. The molecule has 0 aliphatic carbocycles. The smallest absolute Gasteiger partial charge is 0.656 e. The van der Waals surface area contributed by atoms with Gasteiger partial charge in [0.2, 0.25) is 0 Å². The van der Waals surface area contributed by atoms with Crippen molar-refractivity contribution in [2.24, 2.45) is 0 Å². The van der Waals surface area contributed by atoms with Crippen LogP contribution in [0.4, 0.5) is 34.4 Å². The minimum atomic E-state index is 0. The third kappa shape index (κ3) is 7.09. The van der Waals surface area contributed by atoms with Crippen molar-refractivity contribution in [2.45, 2.75) is 59.3 Å². The Morgan fingerprint density at radius 1 is 0.618 bits per heavy atom. The van der Waals surface area contributed by atoms with Crippen molar-refractivity contribution < 1.29 is 21.1 Å². The summed E-state index contributed by atoms with van der Waals surface area (Å²) < 4.78 is 0. The quantitative estimate of drug-likeness (QED) is 0.153. The van der Waals surface area contributed by atoms with E-state index in [4.69, 9.17) is 9.97 Å². The summed E-state index contributed by atoms with van der Waals surface area (Å²) >= 11 is 0. The van der Waals surface area contributed by atoms with Gasteiger partial charge in [0.25, 0.3) is 0 Å². The molecule has 0 saturated heterocycles. The zero-order valence-corrected chi connectivity index (χ0v) is 34.9. The van der Waals surface area contributed by atoms with E-state index in [2.05, 4.69) is 147 Å². The Bertz CT molecular complexity index is 2310. The Hall–Kier alpha value is -5.20. The summed E-state index contributed by atoms with van der Waals surface area (Å²) in [5, 5.41) is 2.39. The van der Waals surface area contributed by atoms with Crippen LogP contribution in [0.25, 0.3) is 32.9 Å². The number of benzene rings is 3. The maximum atomic E-state index is 4.76. The SMILES string of the molecule is CC(C)c1cc(C(C)C)c(-c2cc(N3[CH-]N(C)c4cccnc43)[c-]c(N3[CH-]N(C)c4cccnc43)c2)c(C(C)C)c1.[Pt+4].c1ccc2c(c1)[n-]c1cnccc12. The third-order valence-corrected chi connectivity index (χ3v) is 10.3. The van der Waals surface area contributed by atoms with E-state index in [-0.39, 0.29) is 21.1 Å². The van der Waals surface area contributed by atoms with Crippen LogP contribution in [0.15, 0.2) is 104 Å². The molecule has 0 spiro atoms. The van der Waals surface area contributed by atoms with Crippen LogP contribution in [-0.4, -0.2) is 29.0 Å². The van der Waals surface area contributed by atoms with E-state index in [1.807, 2.05) is 48.8 Å². The van der Waals surface area contributed by atoms with Gasteiger partial charge in [-0.3, -0.25) is 4.98 Å². The first-order valence-corrected chi connectivity index (χ1v) is 18.7.